The van der Waals surface area contributed by atoms with Crippen LogP contribution < -0.4 is 0 Å². The van der Waals surface area contributed by atoms with Gasteiger partial charge in [-0.1, -0.05) is 34.1 Å². The average molecular weight is 375 g/mol. The Hall–Kier alpha value is -1.27. The molecule has 6 heteroatoms. The zero-order valence-electron chi connectivity index (χ0n) is 10.7. The predicted molar refractivity (Wildman–Crippen MR) is 80.6 cm³/mol. The van der Waals surface area contributed by atoms with E-state index in [1.807, 2.05) is 24.3 Å². The normalized spacial score (nSPS) is 11.4. The lowest BCUT2D eigenvalue weighted by molar-refractivity contribution is -0.137. The fraction of sp³-hybridized carbons (Fsp3) is 0.133. The summed E-state index contributed by atoms with van der Waals surface area (Å²) in [5.74, 6) is -0.233. The molecule has 0 aliphatic carbocycles. The van der Waals surface area contributed by atoms with Gasteiger partial charge >= 0.3 is 6.18 Å². The van der Waals surface area contributed by atoms with E-state index >= 15 is 0 Å². The van der Waals surface area contributed by atoms with Crippen molar-refractivity contribution in [3.63, 3.8) is 0 Å². The van der Waals surface area contributed by atoms with Gasteiger partial charge in [0.2, 0.25) is 0 Å². The molecule has 0 N–H and O–H groups in total. The summed E-state index contributed by atoms with van der Waals surface area (Å²) in [7, 11) is 0. The highest BCUT2D eigenvalue weighted by atomic mass is 79.9. The molecule has 2 aromatic rings. The molecule has 0 saturated carbocycles. The molecular weight excluding hydrogens is 365 g/mol. The minimum atomic E-state index is -4.44. The van der Waals surface area contributed by atoms with E-state index in [-0.39, 0.29) is 17.1 Å². The maximum atomic E-state index is 12.6. The molecule has 21 heavy (non-hydrogen) atoms. The third-order valence-corrected chi connectivity index (χ3v) is 4.16. The minimum Gasteiger partial charge on any atom is -0.293 e. The number of hydrogen-bond acceptors (Lipinski definition) is 2. The molecule has 2 rings (SSSR count). The van der Waals surface area contributed by atoms with E-state index in [1.165, 1.54) is 23.9 Å². The Labute approximate surface area is 132 Å². The minimum absolute atomic E-state index is 0.0762. The highest BCUT2D eigenvalue weighted by Crippen LogP contribution is 2.30. The lowest BCUT2D eigenvalue weighted by atomic mass is 10.1. The van der Waals surface area contributed by atoms with Crippen LogP contribution in [0.15, 0.2) is 57.9 Å². The Bertz CT molecular complexity index is 655. The first kappa shape index (κ1) is 16.1. The molecular formula is C15H10BrF3OS. The zero-order valence-corrected chi connectivity index (χ0v) is 13.1. The number of halogens is 4. The second-order valence-corrected chi connectivity index (χ2v) is 6.21. The van der Waals surface area contributed by atoms with Gasteiger partial charge in [-0.05, 0) is 30.3 Å². The number of carbonyl (C=O) groups excluding carboxylic acids is 1. The van der Waals surface area contributed by atoms with Gasteiger partial charge in [-0.2, -0.15) is 13.2 Å². The molecule has 0 bridgehead atoms. The van der Waals surface area contributed by atoms with Crippen LogP contribution in [0.25, 0.3) is 0 Å². The highest BCUT2D eigenvalue weighted by Gasteiger charge is 2.30. The summed E-state index contributed by atoms with van der Waals surface area (Å²) >= 11 is 4.61. The van der Waals surface area contributed by atoms with Gasteiger partial charge in [-0.3, -0.25) is 4.79 Å². The summed E-state index contributed by atoms with van der Waals surface area (Å²) < 4.78 is 38.7. The maximum absolute atomic E-state index is 12.6. The lowest BCUT2D eigenvalue weighted by Gasteiger charge is -2.08. The van der Waals surface area contributed by atoms with E-state index in [2.05, 4.69) is 15.9 Å². The SMILES string of the molecule is O=C(CSc1cccc(Br)c1)c1cccc(C(F)(F)F)c1. The molecule has 0 saturated heterocycles. The first-order valence-electron chi connectivity index (χ1n) is 5.95. The highest BCUT2D eigenvalue weighted by molar-refractivity contribution is 9.10. The molecule has 0 fully saturated rings. The summed E-state index contributed by atoms with van der Waals surface area (Å²) in [6, 6.07) is 11.9. The fourth-order valence-corrected chi connectivity index (χ4v) is 3.06. The van der Waals surface area contributed by atoms with Crippen LogP contribution in [0.3, 0.4) is 0 Å². The average Bonchev–Trinajstić information content (AvgIpc) is 2.44. The maximum Gasteiger partial charge on any atom is 0.416 e. The van der Waals surface area contributed by atoms with E-state index in [0.717, 1.165) is 21.5 Å². The predicted octanol–water partition coefficient (Wildman–Crippen LogP) is 5.44. The molecule has 0 unspecified atom stereocenters. The van der Waals surface area contributed by atoms with Crippen molar-refractivity contribution in [1.29, 1.82) is 0 Å². The topological polar surface area (TPSA) is 17.1 Å². The third kappa shape index (κ3) is 4.61. The summed E-state index contributed by atoms with van der Waals surface area (Å²) in [4.78, 5) is 12.9. The smallest absolute Gasteiger partial charge is 0.293 e. The zero-order chi connectivity index (χ0) is 15.5. The van der Waals surface area contributed by atoms with Crippen molar-refractivity contribution in [3.8, 4) is 0 Å². The molecule has 2 aromatic carbocycles. The largest absolute Gasteiger partial charge is 0.416 e. The van der Waals surface area contributed by atoms with Crippen LogP contribution in [-0.4, -0.2) is 11.5 Å². The molecule has 0 heterocycles. The van der Waals surface area contributed by atoms with Crippen molar-refractivity contribution in [2.24, 2.45) is 0 Å². The number of thioether (sulfide) groups is 1. The van der Waals surface area contributed by atoms with Crippen LogP contribution in [-0.2, 0) is 6.18 Å². The van der Waals surface area contributed by atoms with E-state index in [9.17, 15) is 18.0 Å². The Morgan fingerprint density at radius 1 is 1.10 bits per heavy atom. The van der Waals surface area contributed by atoms with Gasteiger partial charge in [-0.15, -0.1) is 11.8 Å². The second kappa shape index (κ2) is 6.66. The number of carbonyl (C=O) groups is 1. The molecule has 0 amide bonds. The fourth-order valence-electron chi connectivity index (χ4n) is 1.66. The molecule has 0 aliphatic heterocycles. The lowest BCUT2D eigenvalue weighted by Crippen LogP contribution is -2.08. The van der Waals surface area contributed by atoms with Crippen LogP contribution in [0.1, 0.15) is 15.9 Å². The number of hydrogen-bond donors (Lipinski definition) is 0. The summed E-state index contributed by atoms with van der Waals surface area (Å²) in [6.45, 7) is 0. The van der Waals surface area contributed by atoms with Crippen molar-refractivity contribution >= 4 is 33.5 Å². The van der Waals surface area contributed by atoms with Gasteiger partial charge in [0.05, 0.1) is 11.3 Å². The number of Topliss-reactive ketones (excluding diaryl/α,β-unsaturated/α-hetero) is 1. The first-order chi connectivity index (χ1) is 9.86. The van der Waals surface area contributed by atoms with Gasteiger partial charge in [0, 0.05) is 14.9 Å². The molecule has 1 nitrogen and oxygen atoms in total. The van der Waals surface area contributed by atoms with Crippen LogP contribution in [0, 0.1) is 0 Å². The van der Waals surface area contributed by atoms with Crippen LogP contribution in [0.2, 0.25) is 0 Å². The monoisotopic (exact) mass is 374 g/mol. The molecule has 0 radical (unpaired) electrons. The number of benzene rings is 2. The molecule has 0 spiro atoms. The van der Waals surface area contributed by atoms with Crippen molar-refractivity contribution in [2.75, 3.05) is 5.75 Å². The van der Waals surface area contributed by atoms with Crippen molar-refractivity contribution in [2.45, 2.75) is 11.1 Å². The van der Waals surface area contributed by atoms with Crippen molar-refractivity contribution in [3.05, 3.63) is 64.1 Å². The number of alkyl halides is 3. The van der Waals surface area contributed by atoms with Gasteiger partial charge < -0.3 is 0 Å². The number of rotatable bonds is 4. The second-order valence-electron chi connectivity index (χ2n) is 4.25. The molecule has 0 atom stereocenters. The summed E-state index contributed by atoms with van der Waals surface area (Å²) in [5, 5.41) is 0. The standard InChI is InChI=1S/C15H10BrF3OS/c16-12-5-2-6-13(8-12)21-9-14(20)10-3-1-4-11(7-10)15(17,18)19/h1-8H,9H2. The Morgan fingerprint density at radius 2 is 1.81 bits per heavy atom. The molecule has 110 valence electrons. The van der Waals surface area contributed by atoms with Crippen LogP contribution in [0.4, 0.5) is 13.2 Å². The van der Waals surface area contributed by atoms with Gasteiger partial charge in [0.25, 0.3) is 0 Å². The quantitative estimate of drug-likeness (QED) is 0.523. The van der Waals surface area contributed by atoms with E-state index in [0.29, 0.717) is 0 Å². The number of ketones is 1. The van der Waals surface area contributed by atoms with Gasteiger partial charge in [-0.25, -0.2) is 0 Å². The van der Waals surface area contributed by atoms with E-state index in [1.54, 1.807) is 0 Å². The third-order valence-electron chi connectivity index (χ3n) is 2.68. The Kier molecular flexibility index (Phi) is 5.11. The Balaban J connectivity index is 2.07. The molecule has 0 aliphatic rings. The van der Waals surface area contributed by atoms with Crippen LogP contribution in [0.5, 0.6) is 0 Å². The van der Waals surface area contributed by atoms with Gasteiger partial charge in [0.1, 0.15) is 0 Å². The van der Waals surface area contributed by atoms with Crippen molar-refractivity contribution < 1.29 is 18.0 Å². The van der Waals surface area contributed by atoms with Gasteiger partial charge in [0.15, 0.2) is 5.78 Å². The first-order valence-corrected chi connectivity index (χ1v) is 7.73. The molecule has 0 aromatic heterocycles. The van der Waals surface area contributed by atoms with Crippen LogP contribution >= 0.6 is 27.7 Å². The van der Waals surface area contributed by atoms with Crippen molar-refractivity contribution in [1.82, 2.24) is 0 Å². The van der Waals surface area contributed by atoms with E-state index < -0.39 is 11.7 Å². The summed E-state index contributed by atoms with van der Waals surface area (Å²) in [5.41, 5.74) is -0.729. The van der Waals surface area contributed by atoms with E-state index in [4.69, 9.17) is 0 Å². The summed E-state index contributed by atoms with van der Waals surface area (Å²) in [6.07, 6.45) is -4.44. The Morgan fingerprint density at radius 3 is 2.48 bits per heavy atom.